The smallest absolute Gasteiger partial charge is 0.332 e. The third kappa shape index (κ3) is 3.18. The molecule has 0 amide bonds. The molecule has 0 aliphatic carbocycles. The van der Waals surface area contributed by atoms with E-state index in [9.17, 15) is 9.59 Å². The highest BCUT2D eigenvalue weighted by molar-refractivity contribution is 7.99. The number of nitrogens with one attached hydrogen (secondary N) is 1. The van der Waals surface area contributed by atoms with E-state index in [0.29, 0.717) is 21.1 Å². The van der Waals surface area contributed by atoms with Crippen LogP contribution < -0.4 is 16.0 Å². The van der Waals surface area contributed by atoms with Crippen molar-refractivity contribution >= 4 is 33.6 Å². The van der Waals surface area contributed by atoms with Crippen LogP contribution >= 0.6 is 11.8 Å². The fraction of sp³-hybridized carbons (Fsp3) is 0.130. The molecule has 0 fully saturated rings. The minimum absolute atomic E-state index is 0.366. The Balaban J connectivity index is 1.80. The van der Waals surface area contributed by atoms with Crippen LogP contribution in [0.3, 0.4) is 0 Å². The number of aryl methyl sites for hydroxylation is 1. The van der Waals surface area contributed by atoms with Gasteiger partial charge in [0.05, 0.1) is 23.1 Å². The summed E-state index contributed by atoms with van der Waals surface area (Å²) in [5.41, 5.74) is 1.31. The van der Waals surface area contributed by atoms with Gasteiger partial charge >= 0.3 is 5.69 Å². The number of rotatable bonds is 4. The van der Waals surface area contributed by atoms with Gasteiger partial charge < -0.3 is 9.72 Å². The maximum absolute atomic E-state index is 13.1. The van der Waals surface area contributed by atoms with Crippen LogP contribution in [0, 0.1) is 0 Å². The van der Waals surface area contributed by atoms with Gasteiger partial charge in [-0.1, -0.05) is 18.2 Å². The number of ether oxygens (including phenoxy) is 1. The molecule has 3 aromatic heterocycles. The molecule has 0 unspecified atom stereocenters. The molecule has 0 spiro atoms. The van der Waals surface area contributed by atoms with Gasteiger partial charge in [-0.15, -0.1) is 0 Å². The summed E-state index contributed by atoms with van der Waals surface area (Å²) in [4.78, 5) is 38.2. The van der Waals surface area contributed by atoms with Gasteiger partial charge in [0.15, 0.2) is 5.16 Å². The minimum atomic E-state index is -0.395. The largest absolute Gasteiger partial charge is 0.497 e. The molecule has 5 rings (SSSR count). The highest BCUT2D eigenvalue weighted by Gasteiger charge is 2.22. The maximum Gasteiger partial charge on any atom is 0.332 e. The lowest BCUT2D eigenvalue weighted by atomic mass is 10.0. The fourth-order valence-electron chi connectivity index (χ4n) is 3.74. The molecule has 32 heavy (non-hydrogen) atoms. The van der Waals surface area contributed by atoms with Crippen molar-refractivity contribution in [2.45, 2.75) is 10.1 Å². The quantitative estimate of drug-likeness (QED) is 0.427. The van der Waals surface area contributed by atoms with Crippen molar-refractivity contribution in [1.82, 2.24) is 24.1 Å². The third-order valence-corrected chi connectivity index (χ3v) is 6.44. The first-order valence-electron chi connectivity index (χ1n) is 9.82. The Morgan fingerprint density at radius 2 is 1.69 bits per heavy atom. The standard InChI is InChI=1S/C23H19N5O3S/c1-27-20-17(21(29)28(2)23(27)30)19(32-22-24-9-4-10-25-22)18(26-20)15-6-5-14-12-16(31-3)8-7-13(14)11-15/h4-12,26H,1-3H3. The number of H-pyrrole nitrogens is 1. The molecule has 3 heterocycles. The molecule has 0 bridgehead atoms. The molecule has 0 saturated heterocycles. The first-order valence-corrected chi connectivity index (χ1v) is 10.6. The average molecular weight is 446 g/mol. The van der Waals surface area contributed by atoms with E-state index in [4.69, 9.17) is 4.74 Å². The van der Waals surface area contributed by atoms with Gasteiger partial charge in [-0.25, -0.2) is 14.8 Å². The number of hydrogen-bond donors (Lipinski definition) is 1. The summed E-state index contributed by atoms with van der Waals surface area (Å²) < 4.78 is 7.88. The van der Waals surface area contributed by atoms with Crippen LogP contribution in [0.25, 0.3) is 33.1 Å². The molecule has 9 heteroatoms. The predicted octanol–water partition coefficient (Wildman–Crippen LogP) is 3.34. The lowest BCUT2D eigenvalue weighted by Gasteiger charge is -2.07. The van der Waals surface area contributed by atoms with Gasteiger partial charge in [-0.2, -0.15) is 0 Å². The van der Waals surface area contributed by atoms with Gasteiger partial charge in [0, 0.05) is 26.5 Å². The Labute approximate surface area is 186 Å². The predicted molar refractivity (Wildman–Crippen MR) is 124 cm³/mol. The highest BCUT2D eigenvalue weighted by atomic mass is 32.2. The van der Waals surface area contributed by atoms with E-state index in [1.807, 2.05) is 36.4 Å². The second kappa shape index (κ2) is 7.69. The number of benzene rings is 2. The van der Waals surface area contributed by atoms with Crippen LogP contribution in [-0.4, -0.2) is 31.2 Å². The van der Waals surface area contributed by atoms with E-state index in [-0.39, 0.29) is 5.56 Å². The molecule has 0 radical (unpaired) electrons. The minimum Gasteiger partial charge on any atom is -0.497 e. The number of hydrogen-bond acceptors (Lipinski definition) is 6. The van der Waals surface area contributed by atoms with Crippen molar-refractivity contribution < 1.29 is 4.74 Å². The van der Waals surface area contributed by atoms with Gasteiger partial charge in [0.1, 0.15) is 11.4 Å². The SMILES string of the molecule is COc1ccc2cc(-c3[nH]c4c(c3Sc3ncccn3)c(=O)n(C)c(=O)n4C)ccc2c1. The van der Waals surface area contributed by atoms with E-state index >= 15 is 0 Å². The molecule has 0 aliphatic heterocycles. The Morgan fingerprint density at radius 3 is 2.44 bits per heavy atom. The first-order chi connectivity index (χ1) is 15.5. The van der Waals surface area contributed by atoms with E-state index < -0.39 is 5.69 Å². The summed E-state index contributed by atoms with van der Waals surface area (Å²) in [6.45, 7) is 0. The molecule has 0 saturated carbocycles. The number of nitrogens with zero attached hydrogens (tertiary/aromatic N) is 4. The number of methoxy groups -OCH3 is 1. The van der Waals surface area contributed by atoms with Crippen LogP contribution in [0.4, 0.5) is 0 Å². The Hall–Kier alpha value is -3.85. The molecule has 2 aromatic carbocycles. The van der Waals surface area contributed by atoms with E-state index in [1.54, 1.807) is 32.6 Å². The molecule has 0 aliphatic rings. The van der Waals surface area contributed by atoms with E-state index in [2.05, 4.69) is 15.0 Å². The molecule has 8 nitrogen and oxygen atoms in total. The summed E-state index contributed by atoms with van der Waals surface area (Å²) in [6, 6.07) is 13.6. The van der Waals surface area contributed by atoms with Crippen molar-refractivity contribution in [1.29, 1.82) is 0 Å². The monoisotopic (exact) mass is 445 g/mol. The molecule has 160 valence electrons. The number of aromatic nitrogens is 5. The summed E-state index contributed by atoms with van der Waals surface area (Å²) in [5, 5.41) is 3.00. The fourth-order valence-corrected chi connectivity index (χ4v) is 4.70. The van der Waals surface area contributed by atoms with Crippen molar-refractivity contribution in [3.8, 4) is 17.0 Å². The second-order valence-electron chi connectivity index (χ2n) is 7.32. The van der Waals surface area contributed by atoms with Gasteiger partial charge in [0.25, 0.3) is 5.56 Å². The number of fused-ring (bicyclic) bond motifs is 2. The Morgan fingerprint density at radius 1 is 0.969 bits per heavy atom. The van der Waals surface area contributed by atoms with Gasteiger partial charge in [-0.3, -0.25) is 13.9 Å². The van der Waals surface area contributed by atoms with Crippen LogP contribution in [0.2, 0.25) is 0 Å². The van der Waals surface area contributed by atoms with E-state index in [0.717, 1.165) is 32.3 Å². The topological polar surface area (TPSA) is 94.8 Å². The van der Waals surface area contributed by atoms with Crippen molar-refractivity contribution in [2.24, 2.45) is 14.1 Å². The third-order valence-electron chi connectivity index (χ3n) is 5.43. The van der Waals surface area contributed by atoms with Crippen molar-refractivity contribution in [3.05, 3.63) is 75.7 Å². The maximum atomic E-state index is 13.1. The Kier molecular flexibility index (Phi) is 4.82. The van der Waals surface area contributed by atoms with Gasteiger partial charge in [0.2, 0.25) is 0 Å². The average Bonchev–Trinajstić information content (AvgIpc) is 3.20. The second-order valence-corrected chi connectivity index (χ2v) is 8.30. The summed E-state index contributed by atoms with van der Waals surface area (Å²) in [5.74, 6) is 0.784. The molecule has 0 atom stereocenters. The Bertz CT molecular complexity index is 1600. The van der Waals surface area contributed by atoms with Crippen LogP contribution in [0.1, 0.15) is 0 Å². The summed E-state index contributed by atoms with van der Waals surface area (Å²) in [7, 11) is 4.76. The van der Waals surface area contributed by atoms with Crippen LogP contribution in [-0.2, 0) is 14.1 Å². The lowest BCUT2D eigenvalue weighted by molar-refractivity contribution is 0.415. The highest BCUT2D eigenvalue weighted by Crippen LogP contribution is 2.39. The molecule has 5 aromatic rings. The molecule has 1 N–H and O–H groups in total. The zero-order valence-corrected chi connectivity index (χ0v) is 18.4. The van der Waals surface area contributed by atoms with Crippen LogP contribution in [0.15, 0.2) is 74.5 Å². The molecular formula is C23H19N5O3S. The van der Waals surface area contributed by atoms with Crippen LogP contribution in [0.5, 0.6) is 5.75 Å². The summed E-state index contributed by atoms with van der Waals surface area (Å²) in [6.07, 6.45) is 3.31. The van der Waals surface area contributed by atoms with E-state index in [1.165, 1.54) is 23.4 Å². The van der Waals surface area contributed by atoms with Gasteiger partial charge in [-0.05, 0) is 52.4 Å². The zero-order chi connectivity index (χ0) is 22.4. The molecular weight excluding hydrogens is 426 g/mol. The summed E-state index contributed by atoms with van der Waals surface area (Å²) >= 11 is 1.29. The zero-order valence-electron chi connectivity index (χ0n) is 17.6. The number of aromatic amines is 1. The lowest BCUT2D eigenvalue weighted by Crippen LogP contribution is -2.36. The van der Waals surface area contributed by atoms with Crippen molar-refractivity contribution in [3.63, 3.8) is 0 Å². The normalized spacial score (nSPS) is 11.3. The van der Waals surface area contributed by atoms with Crippen molar-refractivity contribution in [2.75, 3.05) is 7.11 Å². The first kappa shape index (κ1) is 20.1.